The summed E-state index contributed by atoms with van der Waals surface area (Å²) in [6.07, 6.45) is -0.796. The minimum absolute atomic E-state index is 0.259. The number of para-hydroxylation sites is 2. The molecule has 0 bridgehead atoms. The van der Waals surface area contributed by atoms with E-state index in [1.165, 1.54) is 30.3 Å². The number of nitro groups is 4. The molecule has 2 saturated carbocycles. The number of hydrogen-bond donors (Lipinski definition) is 1. The van der Waals surface area contributed by atoms with Crippen molar-refractivity contribution in [2.75, 3.05) is 0 Å². The Morgan fingerprint density at radius 3 is 1.83 bits per heavy atom. The molecule has 0 spiro atoms. The molecule has 36 heavy (non-hydrogen) atoms. The fourth-order valence-electron chi connectivity index (χ4n) is 6.26. The van der Waals surface area contributed by atoms with E-state index in [4.69, 9.17) is 0 Å². The van der Waals surface area contributed by atoms with Crippen molar-refractivity contribution in [3.05, 3.63) is 100 Å². The van der Waals surface area contributed by atoms with Gasteiger partial charge in [-0.1, -0.05) is 36.4 Å². The van der Waals surface area contributed by atoms with Crippen LogP contribution in [-0.4, -0.2) is 48.3 Å². The van der Waals surface area contributed by atoms with Gasteiger partial charge in [-0.15, -0.1) is 0 Å². The second-order valence-electron chi connectivity index (χ2n) is 9.19. The molecular formula is C22H20N4O10. The van der Waals surface area contributed by atoms with Gasteiger partial charge in [-0.2, -0.15) is 0 Å². The summed E-state index contributed by atoms with van der Waals surface area (Å²) in [6, 6.07) is 5.46. The maximum Gasteiger partial charge on any atom is 0.273 e. The van der Waals surface area contributed by atoms with Crippen LogP contribution >= 0.6 is 0 Å². The summed E-state index contributed by atoms with van der Waals surface area (Å²) in [7, 11) is 0. The number of hydrogen-bond acceptors (Lipinski definition) is 10. The Morgan fingerprint density at radius 1 is 0.833 bits per heavy atom. The second kappa shape index (κ2) is 8.41. The number of ketones is 1. The number of Topliss-reactive ketones (excluding diaryl/α,β-unsaturated/α-hetero) is 1. The summed E-state index contributed by atoms with van der Waals surface area (Å²) in [4.78, 5) is 58.5. The average molecular weight is 500 g/mol. The molecule has 2 aliphatic rings. The van der Waals surface area contributed by atoms with Crippen molar-refractivity contribution in [2.45, 2.75) is 49.3 Å². The van der Waals surface area contributed by atoms with Gasteiger partial charge in [0.25, 0.3) is 17.4 Å². The van der Waals surface area contributed by atoms with Gasteiger partial charge in [0.2, 0.25) is 6.04 Å². The monoisotopic (exact) mass is 500 g/mol. The third-order valence-corrected chi connectivity index (χ3v) is 7.80. The van der Waals surface area contributed by atoms with Crippen LogP contribution in [0, 0.1) is 45.9 Å². The van der Waals surface area contributed by atoms with Crippen LogP contribution in [0.15, 0.2) is 48.5 Å². The normalized spacial score (nSPS) is 31.4. The van der Waals surface area contributed by atoms with Gasteiger partial charge in [0.15, 0.2) is 0 Å². The van der Waals surface area contributed by atoms with E-state index < -0.39 is 78.2 Å². The van der Waals surface area contributed by atoms with Gasteiger partial charge in [0.1, 0.15) is 17.3 Å². The first-order valence-corrected chi connectivity index (χ1v) is 10.9. The van der Waals surface area contributed by atoms with Crippen LogP contribution < -0.4 is 0 Å². The molecular weight excluding hydrogens is 480 g/mol. The van der Waals surface area contributed by atoms with Crippen LogP contribution in [0.25, 0.3) is 0 Å². The summed E-state index contributed by atoms with van der Waals surface area (Å²) in [5.41, 5.74) is -6.48. The maximum absolute atomic E-state index is 13.3. The topological polar surface area (TPSA) is 210 Å². The molecule has 1 N–H and O–H groups in total. The number of nitrogens with zero attached hydrogens (tertiary/aromatic N) is 4. The first-order chi connectivity index (χ1) is 16.9. The molecule has 2 aromatic rings. The third-order valence-electron chi connectivity index (χ3n) is 7.80. The zero-order valence-electron chi connectivity index (χ0n) is 18.8. The van der Waals surface area contributed by atoms with Crippen molar-refractivity contribution in [1.29, 1.82) is 0 Å². The summed E-state index contributed by atoms with van der Waals surface area (Å²) in [6.45, 7) is 1.16. The zero-order valence-corrected chi connectivity index (χ0v) is 18.8. The Hall–Kier alpha value is -4.33. The Kier molecular flexibility index (Phi) is 5.79. The third kappa shape index (κ3) is 3.25. The van der Waals surface area contributed by atoms with Crippen molar-refractivity contribution >= 4 is 17.2 Å². The van der Waals surface area contributed by atoms with Gasteiger partial charge in [0.05, 0.1) is 21.2 Å². The Morgan fingerprint density at radius 2 is 1.33 bits per heavy atom. The number of carbonyl (C=O) groups excluding carboxylic acids is 1. The lowest BCUT2D eigenvalue weighted by atomic mass is 9.50. The largest absolute Gasteiger partial charge is 0.382 e. The van der Waals surface area contributed by atoms with Crippen molar-refractivity contribution in [2.24, 2.45) is 5.41 Å². The predicted molar refractivity (Wildman–Crippen MR) is 121 cm³/mol. The molecule has 2 fully saturated rings. The van der Waals surface area contributed by atoms with Crippen molar-refractivity contribution in [3.63, 3.8) is 0 Å². The van der Waals surface area contributed by atoms with E-state index in [1.807, 2.05) is 0 Å². The van der Waals surface area contributed by atoms with E-state index in [-0.39, 0.29) is 17.5 Å². The van der Waals surface area contributed by atoms with Gasteiger partial charge in [-0.05, 0) is 13.3 Å². The molecule has 0 aromatic heterocycles. The van der Waals surface area contributed by atoms with Crippen LogP contribution in [0.3, 0.4) is 0 Å². The molecule has 188 valence electrons. The molecule has 0 unspecified atom stereocenters. The highest BCUT2D eigenvalue weighted by Gasteiger charge is 2.79. The maximum atomic E-state index is 13.3. The fourth-order valence-corrected chi connectivity index (χ4v) is 6.26. The van der Waals surface area contributed by atoms with Gasteiger partial charge in [0, 0.05) is 39.5 Å². The van der Waals surface area contributed by atoms with E-state index in [9.17, 15) is 50.4 Å². The van der Waals surface area contributed by atoms with Gasteiger partial charge in [-0.3, -0.25) is 45.3 Å². The molecule has 0 aliphatic heterocycles. The Labute approximate surface area is 202 Å². The number of carbonyl (C=O) groups is 1. The first kappa shape index (κ1) is 24.8. The summed E-state index contributed by atoms with van der Waals surface area (Å²) >= 11 is 0. The molecule has 4 rings (SSSR count). The number of fused-ring (bicyclic) bond motifs is 1. The minimum atomic E-state index is -2.48. The van der Waals surface area contributed by atoms with Crippen LogP contribution in [0.5, 0.6) is 0 Å². The average Bonchev–Trinajstić information content (AvgIpc) is 3.06. The summed E-state index contributed by atoms with van der Waals surface area (Å²) in [5, 5.41) is 60.6. The molecule has 0 radical (unpaired) electrons. The first-order valence-electron chi connectivity index (χ1n) is 10.9. The highest BCUT2D eigenvalue weighted by molar-refractivity contribution is 5.90. The van der Waals surface area contributed by atoms with E-state index >= 15 is 0 Å². The van der Waals surface area contributed by atoms with Crippen LogP contribution in [0.4, 0.5) is 11.4 Å². The van der Waals surface area contributed by atoms with Gasteiger partial charge in [-0.25, -0.2) is 0 Å². The molecule has 2 aliphatic carbocycles. The number of aliphatic hydroxyl groups is 1. The predicted octanol–water partition coefficient (Wildman–Crippen LogP) is 2.77. The SMILES string of the molecule is C[C@]12C(=O)CC[C@@]1(O)[C@H]([N+](=O)[O-])[C@@H](c1ccccc1[N+](=O)[O-])[C@H]([N+](=O)[O-])[C@@H]2c1ccccc1[N+](=O)[O-]. The van der Waals surface area contributed by atoms with E-state index in [0.717, 1.165) is 25.1 Å². The standard InChI is InChI=1S/C22H20N4O10/c1-21-16(27)10-11-22(21,28)20(26(35)36)17(12-6-2-4-8-14(12)23(29)30)19(25(33)34)18(21)13-7-3-5-9-15(13)24(31)32/h2-9,17-20,28H,10-11H2,1H3/t17-,18-,19-,20+,21+,22+/m0/s1. The van der Waals surface area contributed by atoms with Crippen LogP contribution in [-0.2, 0) is 4.79 Å². The zero-order chi connectivity index (χ0) is 26.6. The molecule has 0 heterocycles. The molecule has 14 heteroatoms. The second-order valence-corrected chi connectivity index (χ2v) is 9.19. The van der Waals surface area contributed by atoms with E-state index in [2.05, 4.69) is 0 Å². The lowest BCUT2D eigenvalue weighted by Gasteiger charge is -2.51. The molecule has 0 amide bonds. The highest BCUT2D eigenvalue weighted by atomic mass is 16.6. The quantitative estimate of drug-likeness (QED) is 0.452. The lowest BCUT2D eigenvalue weighted by molar-refractivity contribution is -0.599. The van der Waals surface area contributed by atoms with E-state index in [0.29, 0.717) is 0 Å². The molecule has 2 aromatic carbocycles. The van der Waals surface area contributed by atoms with E-state index in [1.54, 1.807) is 0 Å². The lowest BCUT2D eigenvalue weighted by Crippen LogP contribution is -2.69. The van der Waals surface area contributed by atoms with Crippen molar-refractivity contribution < 1.29 is 29.6 Å². The molecule has 14 nitrogen and oxygen atoms in total. The van der Waals surface area contributed by atoms with Gasteiger partial charge >= 0.3 is 0 Å². The van der Waals surface area contributed by atoms with Crippen molar-refractivity contribution in [1.82, 2.24) is 0 Å². The number of benzene rings is 2. The summed E-state index contributed by atoms with van der Waals surface area (Å²) in [5.74, 6) is -4.30. The van der Waals surface area contributed by atoms with Gasteiger partial charge < -0.3 is 5.11 Å². The smallest absolute Gasteiger partial charge is 0.273 e. The number of rotatable bonds is 6. The molecule has 6 atom stereocenters. The molecule has 0 saturated heterocycles. The van der Waals surface area contributed by atoms with Crippen molar-refractivity contribution in [3.8, 4) is 0 Å². The van der Waals surface area contributed by atoms with Crippen LogP contribution in [0.2, 0.25) is 0 Å². The summed E-state index contributed by atoms with van der Waals surface area (Å²) < 4.78 is 0. The Balaban J connectivity index is 2.15. The highest BCUT2D eigenvalue weighted by Crippen LogP contribution is 2.64. The minimum Gasteiger partial charge on any atom is -0.382 e. The Bertz CT molecular complexity index is 1320. The number of nitro benzene ring substituents is 2. The van der Waals surface area contributed by atoms with Crippen LogP contribution in [0.1, 0.15) is 42.7 Å². The fraction of sp³-hybridized carbons (Fsp3) is 0.409.